The van der Waals surface area contributed by atoms with Crippen molar-refractivity contribution in [3.8, 4) is 11.6 Å². The lowest BCUT2D eigenvalue weighted by Gasteiger charge is -2.09. The summed E-state index contributed by atoms with van der Waals surface area (Å²) in [6.45, 7) is 1.26. The summed E-state index contributed by atoms with van der Waals surface area (Å²) in [7, 11) is 1.67. The minimum Gasteiger partial charge on any atom is -0.475 e. The number of pyridine rings is 1. The predicted octanol–water partition coefficient (Wildman–Crippen LogP) is 0.392. The maximum Gasteiger partial charge on any atom is 0.274 e. The van der Waals surface area contributed by atoms with Gasteiger partial charge >= 0.3 is 0 Å². The summed E-state index contributed by atoms with van der Waals surface area (Å²) in [5.74, 6) is -0.396. The van der Waals surface area contributed by atoms with Crippen LogP contribution >= 0.6 is 0 Å². The van der Waals surface area contributed by atoms with E-state index in [0.717, 1.165) is 0 Å². The van der Waals surface area contributed by atoms with Gasteiger partial charge in [-0.2, -0.15) is 10.2 Å². The highest BCUT2D eigenvalue weighted by Gasteiger charge is 2.19. The Kier molecular flexibility index (Phi) is 5.20. The number of rotatable bonds is 0. The number of carbonyl (C=O) groups excluding carboxylic acids is 2. The Bertz CT molecular complexity index is 1040. The number of nitrogens with one attached hydrogen (secondary N) is 2. The van der Waals surface area contributed by atoms with E-state index in [1.165, 1.54) is 10.9 Å². The molecule has 0 aromatic carbocycles. The SMILES string of the molecule is Cn1cc2c(n1)C(=O)NCCOCCOc1cc(ccn1)-n1cc(cn1)C(=O)N2. The standard InChI is InChI=1S/C18H19N7O4/c1-24-11-14-16(23-24)18(27)20-4-5-28-6-7-29-15-8-13(2-3-19-15)25-10-12(9-21-25)17(26)22-14/h2-3,8-11H,4-7H2,1H3,(H,20,27)(H,22,26). The largest absolute Gasteiger partial charge is 0.475 e. The van der Waals surface area contributed by atoms with Crippen LogP contribution in [-0.2, 0) is 11.8 Å². The quantitative estimate of drug-likeness (QED) is 0.562. The van der Waals surface area contributed by atoms with Crippen LogP contribution in [0, 0.1) is 0 Å². The Balaban J connectivity index is 1.64. The second kappa shape index (κ2) is 8.10. The van der Waals surface area contributed by atoms with E-state index in [2.05, 4.69) is 25.8 Å². The highest BCUT2D eigenvalue weighted by molar-refractivity contribution is 6.08. The van der Waals surface area contributed by atoms with E-state index >= 15 is 0 Å². The van der Waals surface area contributed by atoms with Crippen LogP contribution in [0.4, 0.5) is 5.69 Å². The lowest BCUT2D eigenvalue weighted by atomic mass is 10.3. The van der Waals surface area contributed by atoms with Crippen molar-refractivity contribution in [1.29, 1.82) is 0 Å². The summed E-state index contributed by atoms with van der Waals surface area (Å²) in [5.41, 5.74) is 1.45. The molecule has 1 aliphatic heterocycles. The number of carbonyl (C=O) groups is 2. The summed E-state index contributed by atoms with van der Waals surface area (Å²) >= 11 is 0. The molecule has 0 aliphatic carbocycles. The molecule has 4 heterocycles. The maximum absolute atomic E-state index is 12.6. The molecule has 0 radical (unpaired) electrons. The van der Waals surface area contributed by atoms with Crippen LogP contribution < -0.4 is 15.4 Å². The van der Waals surface area contributed by atoms with Crippen molar-refractivity contribution in [2.45, 2.75) is 0 Å². The van der Waals surface area contributed by atoms with Crippen molar-refractivity contribution in [3.63, 3.8) is 0 Å². The van der Waals surface area contributed by atoms with Gasteiger partial charge in [0.1, 0.15) is 6.61 Å². The molecule has 29 heavy (non-hydrogen) atoms. The number of aromatic nitrogens is 5. The fraction of sp³-hybridized carbons (Fsp3) is 0.278. The van der Waals surface area contributed by atoms with E-state index in [0.29, 0.717) is 49.2 Å². The van der Waals surface area contributed by atoms with Gasteiger partial charge in [-0.3, -0.25) is 14.3 Å². The summed E-state index contributed by atoms with van der Waals surface area (Å²) < 4.78 is 14.0. The molecule has 2 N–H and O–H groups in total. The topological polar surface area (TPSA) is 125 Å². The van der Waals surface area contributed by atoms with Crippen LogP contribution in [0.15, 0.2) is 36.9 Å². The molecule has 4 rings (SSSR count). The molecule has 3 aromatic heterocycles. The summed E-state index contributed by atoms with van der Waals surface area (Å²) in [6.07, 6.45) is 6.19. The Morgan fingerprint density at radius 1 is 1.14 bits per heavy atom. The third-order valence-electron chi connectivity index (χ3n) is 4.13. The van der Waals surface area contributed by atoms with Crippen LogP contribution in [0.25, 0.3) is 5.69 Å². The minimum absolute atomic E-state index is 0.122. The van der Waals surface area contributed by atoms with E-state index in [1.807, 2.05) is 0 Å². The lowest BCUT2D eigenvalue weighted by molar-refractivity contribution is 0.0858. The second-order valence-corrected chi connectivity index (χ2v) is 6.26. The van der Waals surface area contributed by atoms with Crippen molar-refractivity contribution in [3.05, 3.63) is 48.2 Å². The summed E-state index contributed by atoms with van der Waals surface area (Å²) in [6, 6.07) is 3.47. The normalized spacial score (nSPS) is 15.3. The van der Waals surface area contributed by atoms with Crippen molar-refractivity contribution in [2.75, 3.05) is 31.7 Å². The van der Waals surface area contributed by atoms with Gasteiger partial charge in [0.05, 0.1) is 36.3 Å². The van der Waals surface area contributed by atoms with Crippen LogP contribution in [0.1, 0.15) is 20.8 Å². The highest BCUT2D eigenvalue weighted by atomic mass is 16.5. The molecule has 11 heteroatoms. The van der Waals surface area contributed by atoms with Crippen molar-refractivity contribution >= 4 is 17.5 Å². The van der Waals surface area contributed by atoms with Gasteiger partial charge in [-0.15, -0.1) is 0 Å². The van der Waals surface area contributed by atoms with Gasteiger partial charge in [0.15, 0.2) is 5.69 Å². The fourth-order valence-corrected chi connectivity index (χ4v) is 2.77. The van der Waals surface area contributed by atoms with E-state index in [-0.39, 0.29) is 5.69 Å². The third kappa shape index (κ3) is 4.24. The molecule has 150 valence electrons. The molecule has 0 unspecified atom stereocenters. The van der Waals surface area contributed by atoms with E-state index in [9.17, 15) is 9.59 Å². The lowest BCUT2D eigenvalue weighted by Crippen LogP contribution is -2.29. The first-order valence-electron chi connectivity index (χ1n) is 8.95. The smallest absolute Gasteiger partial charge is 0.274 e. The molecular weight excluding hydrogens is 378 g/mol. The first kappa shape index (κ1) is 18.6. The van der Waals surface area contributed by atoms with Gasteiger partial charge in [0.25, 0.3) is 11.8 Å². The first-order chi connectivity index (χ1) is 14.1. The zero-order valence-corrected chi connectivity index (χ0v) is 15.7. The predicted molar refractivity (Wildman–Crippen MR) is 101 cm³/mol. The van der Waals surface area contributed by atoms with Crippen LogP contribution in [0.5, 0.6) is 5.88 Å². The van der Waals surface area contributed by atoms with Gasteiger partial charge in [-0.05, 0) is 6.07 Å². The highest BCUT2D eigenvalue weighted by Crippen LogP contribution is 2.17. The van der Waals surface area contributed by atoms with Crippen molar-refractivity contribution < 1.29 is 19.1 Å². The number of fused-ring (bicyclic) bond motifs is 6. The zero-order chi connectivity index (χ0) is 20.2. The molecular formula is C18H19N7O4. The molecule has 3 aromatic rings. The van der Waals surface area contributed by atoms with E-state index < -0.39 is 11.8 Å². The Labute approximate surface area is 165 Å². The monoisotopic (exact) mass is 397 g/mol. The number of hydrogen-bond acceptors (Lipinski definition) is 7. The molecule has 0 spiro atoms. The molecule has 0 saturated carbocycles. The average Bonchev–Trinajstić information content (AvgIpc) is 3.34. The van der Waals surface area contributed by atoms with Crippen LogP contribution in [0.2, 0.25) is 0 Å². The minimum atomic E-state index is -0.409. The number of aryl methyl sites for hydroxylation is 1. The number of nitrogens with zero attached hydrogens (tertiary/aromatic N) is 5. The zero-order valence-electron chi connectivity index (χ0n) is 15.7. The summed E-state index contributed by atoms with van der Waals surface area (Å²) in [4.78, 5) is 29.2. The molecule has 1 aliphatic rings. The first-order valence-corrected chi connectivity index (χ1v) is 8.95. The second-order valence-electron chi connectivity index (χ2n) is 6.26. The van der Waals surface area contributed by atoms with Crippen LogP contribution in [0.3, 0.4) is 0 Å². The number of hydrogen-bond donors (Lipinski definition) is 2. The Hall–Kier alpha value is -3.73. The molecule has 4 bridgehead atoms. The van der Waals surface area contributed by atoms with Gasteiger partial charge in [-0.25, -0.2) is 9.67 Å². The number of ether oxygens (including phenoxy) is 2. The van der Waals surface area contributed by atoms with Gasteiger partial charge in [0, 0.05) is 38.2 Å². The van der Waals surface area contributed by atoms with E-state index in [1.54, 1.807) is 42.5 Å². The molecule has 11 nitrogen and oxygen atoms in total. The van der Waals surface area contributed by atoms with Crippen molar-refractivity contribution in [2.24, 2.45) is 7.05 Å². The number of anilines is 1. The molecule has 2 amide bonds. The molecule has 0 atom stereocenters. The number of amides is 2. The fourth-order valence-electron chi connectivity index (χ4n) is 2.77. The Morgan fingerprint density at radius 3 is 2.93 bits per heavy atom. The average molecular weight is 397 g/mol. The molecule has 0 fully saturated rings. The summed E-state index contributed by atoms with van der Waals surface area (Å²) in [5, 5.41) is 13.8. The van der Waals surface area contributed by atoms with Crippen molar-refractivity contribution in [1.82, 2.24) is 29.9 Å². The Morgan fingerprint density at radius 2 is 2.03 bits per heavy atom. The maximum atomic E-state index is 12.6. The molecule has 0 saturated heterocycles. The van der Waals surface area contributed by atoms with Gasteiger partial charge < -0.3 is 20.1 Å². The third-order valence-corrected chi connectivity index (χ3v) is 4.13. The van der Waals surface area contributed by atoms with Crippen LogP contribution in [-0.4, -0.2) is 62.7 Å². The van der Waals surface area contributed by atoms with E-state index in [4.69, 9.17) is 9.47 Å². The van der Waals surface area contributed by atoms with Gasteiger partial charge in [0.2, 0.25) is 5.88 Å². The van der Waals surface area contributed by atoms with Gasteiger partial charge in [-0.1, -0.05) is 0 Å².